The van der Waals surface area contributed by atoms with Crippen LogP contribution in [-0.2, 0) is 22.3 Å². The van der Waals surface area contributed by atoms with E-state index < -0.39 is 17.8 Å². The molecule has 1 saturated heterocycles. The van der Waals surface area contributed by atoms with Gasteiger partial charge in [0, 0.05) is 17.1 Å². The van der Waals surface area contributed by atoms with Crippen molar-refractivity contribution in [1.29, 1.82) is 0 Å². The first-order valence-corrected chi connectivity index (χ1v) is 10.8. The van der Waals surface area contributed by atoms with Gasteiger partial charge in [0.1, 0.15) is 11.5 Å². The molecule has 0 unspecified atom stereocenters. The van der Waals surface area contributed by atoms with E-state index in [9.17, 15) is 18.0 Å². The number of aromatic nitrogens is 3. The molecule has 3 atom stereocenters. The minimum atomic E-state index is -4.49. The second-order valence-electron chi connectivity index (χ2n) is 8.51. The van der Waals surface area contributed by atoms with Crippen LogP contribution in [0.25, 0.3) is 10.9 Å². The summed E-state index contributed by atoms with van der Waals surface area (Å²) in [6.45, 7) is 4.45. The Bertz CT molecular complexity index is 1270. The van der Waals surface area contributed by atoms with Crippen molar-refractivity contribution in [3.8, 4) is 0 Å². The van der Waals surface area contributed by atoms with Crippen LogP contribution in [-0.4, -0.2) is 45.0 Å². The summed E-state index contributed by atoms with van der Waals surface area (Å²) >= 11 is 0. The first kappa shape index (κ1) is 22.5. The predicted molar refractivity (Wildman–Crippen MR) is 116 cm³/mol. The number of halogens is 3. The summed E-state index contributed by atoms with van der Waals surface area (Å²) < 4.78 is 50.2. The molecular formula is C23H22F3N5O3. The third kappa shape index (κ3) is 3.74. The molecule has 34 heavy (non-hydrogen) atoms. The molecule has 8 nitrogen and oxygen atoms in total. The lowest BCUT2D eigenvalue weighted by molar-refractivity contribution is -0.137. The van der Waals surface area contributed by atoms with Crippen molar-refractivity contribution in [2.75, 3.05) is 18.9 Å². The quantitative estimate of drug-likeness (QED) is 0.604. The molecule has 1 fully saturated rings. The Morgan fingerprint density at radius 1 is 1.18 bits per heavy atom. The van der Waals surface area contributed by atoms with Gasteiger partial charge in [0.2, 0.25) is 0 Å². The Morgan fingerprint density at radius 3 is 2.68 bits per heavy atom. The third-order valence-electron chi connectivity index (χ3n) is 6.29. The topological polar surface area (TPSA) is 103 Å². The molecule has 178 valence electrons. The fraction of sp³-hybridized carbons (Fsp3) is 0.391. The van der Waals surface area contributed by atoms with Gasteiger partial charge in [-0.2, -0.15) is 13.2 Å². The summed E-state index contributed by atoms with van der Waals surface area (Å²) in [7, 11) is 0. The molecule has 1 amide bonds. The van der Waals surface area contributed by atoms with Crippen molar-refractivity contribution in [3.63, 3.8) is 0 Å². The van der Waals surface area contributed by atoms with Crippen LogP contribution in [0.3, 0.4) is 0 Å². The summed E-state index contributed by atoms with van der Waals surface area (Å²) in [5.41, 5.74) is 7.98. The highest BCUT2D eigenvalue weighted by Gasteiger charge is 2.37. The lowest BCUT2D eigenvalue weighted by atomic mass is 10.0. The van der Waals surface area contributed by atoms with E-state index in [0.717, 1.165) is 28.8 Å². The number of carbonyl (C=O) groups excluding carboxylic acids is 1. The zero-order valence-corrected chi connectivity index (χ0v) is 18.5. The number of hydrogen-bond acceptors (Lipinski definition) is 7. The smallest absolute Gasteiger partial charge is 0.383 e. The molecule has 5 rings (SSSR count). The van der Waals surface area contributed by atoms with Crippen LogP contribution in [0.15, 0.2) is 30.6 Å². The number of carbonyl (C=O) groups is 1. The number of pyridine rings is 3. The number of fused-ring (bicyclic) bond motifs is 3. The van der Waals surface area contributed by atoms with Crippen molar-refractivity contribution >= 4 is 22.6 Å². The number of alkyl halides is 3. The molecule has 3 aromatic heterocycles. The van der Waals surface area contributed by atoms with Crippen molar-refractivity contribution in [1.82, 2.24) is 19.9 Å². The van der Waals surface area contributed by atoms with Crippen LogP contribution < -0.4 is 5.73 Å². The monoisotopic (exact) mass is 473 g/mol. The van der Waals surface area contributed by atoms with E-state index in [1.54, 1.807) is 11.0 Å². The summed E-state index contributed by atoms with van der Waals surface area (Å²) in [5.74, 6) is 0.00515. The summed E-state index contributed by atoms with van der Waals surface area (Å²) in [4.78, 5) is 27.9. The maximum absolute atomic E-state index is 13.6. The highest BCUT2D eigenvalue weighted by Crippen LogP contribution is 2.38. The van der Waals surface area contributed by atoms with Gasteiger partial charge in [-0.1, -0.05) is 0 Å². The maximum atomic E-state index is 13.6. The number of anilines is 1. The molecule has 0 bridgehead atoms. The van der Waals surface area contributed by atoms with Crippen molar-refractivity contribution < 1.29 is 27.4 Å². The average Bonchev–Trinajstić information content (AvgIpc) is 3.20. The minimum Gasteiger partial charge on any atom is -0.383 e. The van der Waals surface area contributed by atoms with E-state index in [1.807, 2.05) is 13.8 Å². The van der Waals surface area contributed by atoms with Crippen LogP contribution in [0.5, 0.6) is 0 Å². The van der Waals surface area contributed by atoms with Gasteiger partial charge >= 0.3 is 6.18 Å². The van der Waals surface area contributed by atoms with E-state index in [1.165, 1.54) is 12.3 Å². The van der Waals surface area contributed by atoms with Gasteiger partial charge in [0.15, 0.2) is 0 Å². The van der Waals surface area contributed by atoms with E-state index in [-0.39, 0.29) is 37.0 Å². The molecule has 0 radical (unpaired) electrons. The molecule has 0 aliphatic carbocycles. The fourth-order valence-corrected chi connectivity index (χ4v) is 4.58. The standard InChI is InChI=1S/C23H22F3N5O3/c1-11-8-33-10-19(16-4-3-13(6-28-16)23(24,25)26)31(11)22(32)17-5-14-15-9-34-12(2)20(15)21(27)30-18(14)7-29-17/h3-7,11-12,19H,8-10H2,1-2H3,(H2,27,30)/t11-,12-,19-/m1/s1. The second kappa shape index (κ2) is 8.17. The first-order chi connectivity index (χ1) is 16.1. The van der Waals surface area contributed by atoms with Crippen LogP contribution in [0.1, 0.15) is 58.9 Å². The summed E-state index contributed by atoms with van der Waals surface area (Å²) in [6.07, 6.45) is -2.43. The van der Waals surface area contributed by atoms with Gasteiger partial charge < -0.3 is 20.1 Å². The Hall–Kier alpha value is -3.31. The number of hydrogen-bond donors (Lipinski definition) is 1. The number of amides is 1. The van der Waals surface area contributed by atoms with E-state index in [0.29, 0.717) is 23.6 Å². The number of nitrogen functional groups attached to an aromatic ring is 1. The lowest BCUT2D eigenvalue weighted by Crippen LogP contribution is -2.49. The summed E-state index contributed by atoms with van der Waals surface area (Å²) in [5, 5.41) is 0.733. The molecule has 3 aromatic rings. The Labute approximate surface area is 192 Å². The van der Waals surface area contributed by atoms with Gasteiger partial charge in [-0.3, -0.25) is 9.78 Å². The van der Waals surface area contributed by atoms with Gasteiger partial charge in [0.25, 0.3) is 5.91 Å². The van der Waals surface area contributed by atoms with Crippen LogP contribution in [0, 0.1) is 0 Å². The van der Waals surface area contributed by atoms with E-state index >= 15 is 0 Å². The molecule has 2 aliphatic heterocycles. The Kier molecular flexibility index (Phi) is 5.40. The Balaban J connectivity index is 1.52. The largest absolute Gasteiger partial charge is 0.417 e. The minimum absolute atomic E-state index is 0.112. The summed E-state index contributed by atoms with van der Waals surface area (Å²) in [6, 6.07) is 2.91. The number of ether oxygens (including phenoxy) is 2. The van der Waals surface area contributed by atoms with Crippen LogP contribution in [0.4, 0.5) is 19.0 Å². The SMILES string of the molecule is C[C@@H]1COC[C@H](c2ccc(C(F)(F)F)cn2)N1C(=O)c1cc2c3c(c(N)nc2cn1)[C@@H](C)OC3. The normalized spacial score (nSPS) is 22.7. The number of nitrogens with zero attached hydrogens (tertiary/aromatic N) is 4. The molecular weight excluding hydrogens is 451 g/mol. The van der Waals surface area contributed by atoms with E-state index in [2.05, 4.69) is 15.0 Å². The lowest BCUT2D eigenvalue weighted by Gasteiger charge is -2.40. The number of rotatable bonds is 2. The van der Waals surface area contributed by atoms with Gasteiger partial charge in [-0.05, 0) is 37.6 Å². The highest BCUT2D eigenvalue weighted by molar-refractivity contribution is 5.97. The molecule has 5 heterocycles. The van der Waals surface area contributed by atoms with Crippen molar-refractivity contribution in [2.45, 2.75) is 44.8 Å². The van der Waals surface area contributed by atoms with Crippen molar-refractivity contribution in [3.05, 3.63) is 58.7 Å². The first-order valence-electron chi connectivity index (χ1n) is 10.8. The maximum Gasteiger partial charge on any atom is 0.417 e. The van der Waals surface area contributed by atoms with Crippen molar-refractivity contribution in [2.24, 2.45) is 0 Å². The highest BCUT2D eigenvalue weighted by atomic mass is 19.4. The molecule has 0 spiro atoms. The predicted octanol–water partition coefficient (Wildman–Crippen LogP) is 3.82. The molecule has 11 heteroatoms. The zero-order valence-electron chi connectivity index (χ0n) is 18.5. The molecule has 0 saturated carbocycles. The fourth-order valence-electron chi connectivity index (χ4n) is 4.58. The van der Waals surface area contributed by atoms with Crippen LogP contribution in [0.2, 0.25) is 0 Å². The molecule has 2 aliphatic rings. The second-order valence-corrected chi connectivity index (χ2v) is 8.51. The zero-order chi connectivity index (χ0) is 24.2. The average molecular weight is 473 g/mol. The third-order valence-corrected chi connectivity index (χ3v) is 6.29. The number of morpholine rings is 1. The van der Waals surface area contributed by atoms with E-state index in [4.69, 9.17) is 15.2 Å². The number of nitrogens with two attached hydrogens (primary N) is 1. The molecule has 0 aromatic carbocycles. The van der Waals surface area contributed by atoms with Gasteiger partial charge in [-0.15, -0.1) is 0 Å². The van der Waals surface area contributed by atoms with Gasteiger partial charge in [-0.25, -0.2) is 9.97 Å². The molecule has 2 N–H and O–H groups in total. The van der Waals surface area contributed by atoms with Crippen LogP contribution >= 0.6 is 0 Å². The Morgan fingerprint density at radius 2 is 1.97 bits per heavy atom. The van der Waals surface area contributed by atoms with Gasteiger partial charge in [0.05, 0.1) is 61.0 Å².